The van der Waals surface area contributed by atoms with Gasteiger partial charge in [-0.3, -0.25) is 19.2 Å². The molecular formula is C59H46F6N4O10. The molecule has 0 atom stereocenters. The smallest absolute Gasteiger partial charge is 0.411 e. The maximum absolute atomic E-state index is 14.8. The average Bonchev–Trinajstić information content (AvgIpc) is 3.39. The third-order valence-corrected chi connectivity index (χ3v) is 13.0. The fraction of sp³-hybridized carbons (Fsp3) is 0.119. The maximum atomic E-state index is 14.8. The Labute approximate surface area is 446 Å². The zero-order valence-corrected chi connectivity index (χ0v) is 41.7. The van der Waals surface area contributed by atoms with Gasteiger partial charge in [-0.1, -0.05) is 38.1 Å². The molecule has 0 aliphatic carbocycles. The number of Topliss-reactive ketones (excluding diaryl/α,β-unsaturated/α-hetero) is 1. The standard InChI is InChI=1S/C59H46F6N4O10/c1-32(70)33-4-16-41(17-5-33)78-42-18-6-34(7-19-42)53(75)67-46-29-37(12-25-50(46)72)56(2,3)38-13-26-51(73)47(30-38)68-54(76)35-8-20-43(21-9-35)79-44-22-10-36(11-23-44)55(77)69-48-31-40(15-27-52(48)74)57(58(60,61)62,59(63,64)65)39-14-24-49(71)45(66)28-39/h4-31,71-74H,66H2,1-3H3,(H,67,75)(H,68,76)(H,69,77). The third-order valence-electron chi connectivity index (χ3n) is 13.0. The second-order valence-corrected chi connectivity index (χ2v) is 18.6. The highest BCUT2D eigenvalue weighted by atomic mass is 19.4. The molecule has 9 N–H and O–H groups in total. The lowest BCUT2D eigenvalue weighted by atomic mass is 9.72. The Morgan fingerprint density at radius 1 is 0.405 bits per heavy atom. The van der Waals surface area contributed by atoms with Crippen molar-refractivity contribution >= 4 is 46.3 Å². The summed E-state index contributed by atoms with van der Waals surface area (Å²) in [5, 5.41) is 49.4. The van der Waals surface area contributed by atoms with Gasteiger partial charge in [-0.15, -0.1) is 0 Å². The van der Waals surface area contributed by atoms with Crippen LogP contribution >= 0.6 is 0 Å². The van der Waals surface area contributed by atoms with Crippen molar-refractivity contribution in [3.8, 4) is 46.0 Å². The fourth-order valence-electron chi connectivity index (χ4n) is 8.49. The van der Waals surface area contributed by atoms with Crippen LogP contribution in [0.25, 0.3) is 0 Å². The number of halogens is 6. The highest BCUT2D eigenvalue weighted by Crippen LogP contribution is 2.57. The van der Waals surface area contributed by atoms with E-state index in [1.54, 1.807) is 72.8 Å². The molecule has 79 heavy (non-hydrogen) atoms. The van der Waals surface area contributed by atoms with Gasteiger partial charge >= 0.3 is 12.4 Å². The Morgan fingerprint density at radius 3 is 0.987 bits per heavy atom. The van der Waals surface area contributed by atoms with Gasteiger partial charge in [-0.2, -0.15) is 26.3 Å². The van der Waals surface area contributed by atoms with E-state index in [0.717, 1.165) is 0 Å². The van der Waals surface area contributed by atoms with E-state index in [4.69, 9.17) is 15.2 Å². The summed E-state index contributed by atoms with van der Waals surface area (Å²) in [6, 6.07) is 36.0. The number of carbonyl (C=O) groups excluding carboxylic acids is 4. The van der Waals surface area contributed by atoms with Crippen LogP contribution in [0, 0.1) is 0 Å². The minimum absolute atomic E-state index is 0.0752. The minimum atomic E-state index is -6.04. The molecule has 0 heterocycles. The topological polar surface area (TPSA) is 230 Å². The molecule has 0 saturated carbocycles. The van der Waals surface area contributed by atoms with Crippen molar-refractivity contribution in [2.75, 3.05) is 21.7 Å². The summed E-state index contributed by atoms with van der Waals surface area (Å²) in [7, 11) is 0. The van der Waals surface area contributed by atoms with Crippen LogP contribution in [-0.4, -0.2) is 56.3 Å². The first-order valence-corrected chi connectivity index (χ1v) is 23.7. The van der Waals surface area contributed by atoms with Crippen molar-refractivity contribution in [2.45, 2.75) is 44.0 Å². The predicted octanol–water partition coefficient (Wildman–Crippen LogP) is 13.4. The molecule has 0 saturated heterocycles. The van der Waals surface area contributed by atoms with Gasteiger partial charge in [0.25, 0.3) is 17.7 Å². The summed E-state index contributed by atoms with van der Waals surface area (Å²) in [5.41, 5.74) is -2.00. The first kappa shape index (κ1) is 55.3. The molecular weight excluding hydrogens is 1040 g/mol. The van der Waals surface area contributed by atoms with Crippen molar-refractivity contribution in [3.63, 3.8) is 0 Å². The number of hydrogen-bond donors (Lipinski definition) is 8. The molecule has 8 aromatic rings. The number of anilines is 4. The Balaban J connectivity index is 0.898. The monoisotopic (exact) mass is 1080 g/mol. The molecule has 8 aromatic carbocycles. The molecule has 0 fully saturated rings. The molecule has 0 aliphatic rings. The minimum Gasteiger partial charge on any atom is -0.506 e. The first-order valence-electron chi connectivity index (χ1n) is 23.7. The molecule has 0 aliphatic heterocycles. The number of amides is 3. The van der Waals surface area contributed by atoms with Crippen LogP contribution in [0.1, 0.15) is 84.5 Å². The molecule has 3 amide bonds. The second kappa shape index (κ2) is 21.6. The van der Waals surface area contributed by atoms with Gasteiger partial charge in [0.1, 0.15) is 46.0 Å². The number of ketones is 1. The number of nitrogens with two attached hydrogens (primary N) is 1. The van der Waals surface area contributed by atoms with E-state index in [1.165, 1.54) is 67.6 Å². The van der Waals surface area contributed by atoms with Gasteiger partial charge in [-0.25, -0.2) is 0 Å². The Kier molecular flexibility index (Phi) is 15.1. The number of hydrogen-bond acceptors (Lipinski definition) is 11. The van der Waals surface area contributed by atoms with Gasteiger partial charge in [0.15, 0.2) is 5.78 Å². The average molecular weight is 1090 g/mol. The van der Waals surface area contributed by atoms with Crippen molar-refractivity contribution < 1.29 is 75.4 Å². The molecule has 0 radical (unpaired) electrons. The van der Waals surface area contributed by atoms with E-state index in [9.17, 15) is 65.9 Å². The fourth-order valence-corrected chi connectivity index (χ4v) is 8.49. The molecule has 0 unspecified atom stereocenters. The summed E-state index contributed by atoms with van der Waals surface area (Å²) in [5.74, 6) is -2.88. The van der Waals surface area contributed by atoms with E-state index < -0.39 is 74.9 Å². The van der Waals surface area contributed by atoms with E-state index >= 15 is 0 Å². The van der Waals surface area contributed by atoms with Crippen molar-refractivity contribution in [1.29, 1.82) is 0 Å². The lowest BCUT2D eigenvalue weighted by Crippen LogP contribution is -2.54. The number of alkyl halides is 6. The molecule has 14 nitrogen and oxygen atoms in total. The summed E-state index contributed by atoms with van der Waals surface area (Å²) >= 11 is 0. The van der Waals surface area contributed by atoms with Crippen LogP contribution in [0.4, 0.5) is 49.1 Å². The van der Waals surface area contributed by atoms with Crippen LogP contribution < -0.4 is 31.2 Å². The molecule has 8 rings (SSSR count). The Bertz CT molecular complexity index is 3610. The number of nitrogen functional groups attached to an aromatic ring is 1. The summed E-state index contributed by atoms with van der Waals surface area (Å²) < 4.78 is 100. The first-order chi connectivity index (χ1) is 37.2. The molecule has 0 bridgehead atoms. The normalized spacial score (nSPS) is 11.8. The van der Waals surface area contributed by atoms with Gasteiger partial charge in [0, 0.05) is 27.7 Å². The lowest BCUT2D eigenvalue weighted by molar-refractivity contribution is -0.288. The number of rotatable bonds is 15. The lowest BCUT2D eigenvalue weighted by Gasteiger charge is -2.38. The molecule has 0 spiro atoms. The van der Waals surface area contributed by atoms with Crippen LogP contribution in [-0.2, 0) is 10.8 Å². The number of phenolic OH excluding ortho intramolecular Hbond substituents is 4. The number of aromatic hydroxyl groups is 4. The van der Waals surface area contributed by atoms with E-state index in [1.807, 2.05) is 13.8 Å². The summed E-state index contributed by atoms with van der Waals surface area (Å²) in [6.07, 6.45) is -12.1. The van der Waals surface area contributed by atoms with Gasteiger partial charge in [-0.05, 0) is 175 Å². The number of phenols is 4. The molecule has 20 heteroatoms. The highest BCUT2D eigenvalue weighted by molar-refractivity contribution is 6.06. The second-order valence-electron chi connectivity index (χ2n) is 18.6. The number of carbonyl (C=O) groups is 4. The Morgan fingerprint density at radius 2 is 0.684 bits per heavy atom. The van der Waals surface area contributed by atoms with E-state index in [2.05, 4.69) is 16.0 Å². The quantitative estimate of drug-likeness (QED) is 0.0208. The molecule has 404 valence electrons. The summed E-state index contributed by atoms with van der Waals surface area (Å²) in [4.78, 5) is 51.6. The SMILES string of the molecule is CC(=O)c1ccc(Oc2ccc(C(=O)Nc3cc(C(C)(C)c4ccc(O)c(NC(=O)c5ccc(Oc6ccc(C(=O)Nc7cc(C(c8ccc(O)c(N)c8)(C(F)(F)F)C(F)(F)F)ccc7O)cc6)cc5)c4)ccc3O)cc2)cc1. The number of nitrogens with one attached hydrogen (secondary N) is 3. The largest absolute Gasteiger partial charge is 0.506 e. The maximum Gasteiger partial charge on any atom is 0.411 e. The third kappa shape index (κ3) is 11.6. The van der Waals surface area contributed by atoms with Crippen LogP contribution in [0.15, 0.2) is 170 Å². The number of benzene rings is 8. The zero-order chi connectivity index (χ0) is 57.2. The predicted molar refractivity (Wildman–Crippen MR) is 282 cm³/mol. The van der Waals surface area contributed by atoms with Crippen LogP contribution in [0.2, 0.25) is 0 Å². The zero-order valence-electron chi connectivity index (χ0n) is 41.7. The van der Waals surface area contributed by atoms with Crippen LogP contribution in [0.5, 0.6) is 46.0 Å². The summed E-state index contributed by atoms with van der Waals surface area (Å²) in [6.45, 7) is 5.21. The molecule has 0 aromatic heterocycles. The van der Waals surface area contributed by atoms with Crippen molar-refractivity contribution in [2.24, 2.45) is 0 Å². The van der Waals surface area contributed by atoms with E-state index in [-0.39, 0.29) is 56.8 Å². The highest BCUT2D eigenvalue weighted by Gasteiger charge is 2.72. The van der Waals surface area contributed by atoms with Crippen LogP contribution in [0.3, 0.4) is 0 Å². The van der Waals surface area contributed by atoms with Gasteiger partial charge in [0.05, 0.1) is 22.7 Å². The van der Waals surface area contributed by atoms with Gasteiger partial charge < -0.3 is 51.6 Å². The van der Waals surface area contributed by atoms with E-state index in [0.29, 0.717) is 64.6 Å². The Hall–Kier alpha value is -9.98. The van der Waals surface area contributed by atoms with Gasteiger partial charge in [0.2, 0.25) is 5.41 Å². The van der Waals surface area contributed by atoms with Crippen molar-refractivity contribution in [3.05, 3.63) is 214 Å². The van der Waals surface area contributed by atoms with Crippen molar-refractivity contribution in [1.82, 2.24) is 0 Å². The number of ether oxygens (including phenoxy) is 2.